The summed E-state index contributed by atoms with van der Waals surface area (Å²) in [6.45, 7) is 8.27. The number of hydrogen-bond acceptors (Lipinski definition) is 3. The van der Waals surface area contributed by atoms with Gasteiger partial charge >= 0.3 is 0 Å². The van der Waals surface area contributed by atoms with E-state index in [0.29, 0.717) is 18.2 Å². The number of anilines is 1. The van der Waals surface area contributed by atoms with Crippen LogP contribution in [0.3, 0.4) is 0 Å². The van der Waals surface area contributed by atoms with Gasteiger partial charge in [0.25, 0.3) is 10.0 Å². The molecular weight excluding hydrogens is 360 g/mol. The van der Waals surface area contributed by atoms with Crippen LogP contribution in [0.5, 0.6) is 0 Å². The smallest absolute Gasteiger partial charge is 0.264 e. The monoisotopic (exact) mass is 388 g/mol. The lowest BCUT2D eigenvalue weighted by molar-refractivity contribution is -0.119. The van der Waals surface area contributed by atoms with Crippen LogP contribution in [-0.2, 0) is 14.8 Å². The Morgan fingerprint density at radius 3 is 2.15 bits per heavy atom. The fourth-order valence-corrected chi connectivity index (χ4v) is 4.05. The summed E-state index contributed by atoms with van der Waals surface area (Å²) in [6.07, 6.45) is 0.791. The normalized spacial score (nSPS) is 11.4. The highest BCUT2D eigenvalue weighted by Gasteiger charge is 2.27. The van der Waals surface area contributed by atoms with Gasteiger partial charge in [0, 0.05) is 6.54 Å². The molecule has 0 saturated heterocycles. The van der Waals surface area contributed by atoms with E-state index in [4.69, 9.17) is 0 Å². The zero-order chi connectivity index (χ0) is 20.0. The number of carbonyl (C=O) groups is 1. The van der Waals surface area contributed by atoms with Crippen LogP contribution < -0.4 is 9.62 Å². The first kappa shape index (κ1) is 21.0. The Bertz CT molecular complexity index is 857. The molecule has 1 amide bonds. The van der Waals surface area contributed by atoms with Crippen molar-refractivity contribution in [2.24, 2.45) is 0 Å². The SMILES string of the molecule is CCCNC(=O)CN(c1ccc(C(C)C)cc1)S(=O)(=O)c1ccc(C)cc1. The topological polar surface area (TPSA) is 66.5 Å². The maximum Gasteiger partial charge on any atom is 0.264 e. The Morgan fingerprint density at radius 1 is 1.04 bits per heavy atom. The highest BCUT2D eigenvalue weighted by atomic mass is 32.2. The predicted molar refractivity (Wildman–Crippen MR) is 110 cm³/mol. The molecule has 27 heavy (non-hydrogen) atoms. The third kappa shape index (κ3) is 5.32. The first-order valence-electron chi connectivity index (χ1n) is 9.21. The average molecular weight is 389 g/mol. The van der Waals surface area contributed by atoms with Crippen molar-refractivity contribution in [3.8, 4) is 0 Å². The number of hydrogen-bond donors (Lipinski definition) is 1. The lowest BCUT2D eigenvalue weighted by Gasteiger charge is -2.24. The molecule has 2 aromatic rings. The van der Waals surface area contributed by atoms with E-state index < -0.39 is 10.0 Å². The van der Waals surface area contributed by atoms with Gasteiger partial charge in [0.1, 0.15) is 6.54 Å². The molecule has 0 aliphatic rings. The number of benzene rings is 2. The molecule has 0 heterocycles. The molecule has 0 spiro atoms. The molecule has 0 aromatic heterocycles. The first-order valence-corrected chi connectivity index (χ1v) is 10.7. The molecule has 0 aliphatic carbocycles. The third-order valence-corrected chi connectivity index (χ3v) is 6.10. The first-order chi connectivity index (χ1) is 12.8. The second-order valence-electron chi connectivity index (χ2n) is 6.92. The Kier molecular flexibility index (Phi) is 7.02. The zero-order valence-corrected chi connectivity index (χ0v) is 17.2. The summed E-state index contributed by atoms with van der Waals surface area (Å²) in [5.41, 5.74) is 2.57. The van der Waals surface area contributed by atoms with Crippen LogP contribution in [0.15, 0.2) is 53.4 Å². The van der Waals surface area contributed by atoms with Crippen molar-refractivity contribution >= 4 is 21.6 Å². The summed E-state index contributed by atoms with van der Waals surface area (Å²) in [7, 11) is -3.85. The molecule has 1 N–H and O–H groups in total. The maximum atomic E-state index is 13.2. The second-order valence-corrected chi connectivity index (χ2v) is 8.78. The molecule has 0 bridgehead atoms. The zero-order valence-electron chi connectivity index (χ0n) is 16.4. The van der Waals surface area contributed by atoms with E-state index in [9.17, 15) is 13.2 Å². The second kappa shape index (κ2) is 9.04. The van der Waals surface area contributed by atoms with E-state index >= 15 is 0 Å². The number of aryl methyl sites for hydroxylation is 1. The lowest BCUT2D eigenvalue weighted by atomic mass is 10.0. The number of nitrogens with zero attached hydrogens (tertiary/aromatic N) is 1. The Hall–Kier alpha value is -2.34. The van der Waals surface area contributed by atoms with Crippen molar-refractivity contribution in [2.75, 3.05) is 17.4 Å². The minimum atomic E-state index is -3.85. The quantitative estimate of drug-likeness (QED) is 0.747. The van der Waals surface area contributed by atoms with Gasteiger partial charge in [-0.3, -0.25) is 9.10 Å². The van der Waals surface area contributed by atoms with Crippen molar-refractivity contribution < 1.29 is 13.2 Å². The van der Waals surface area contributed by atoms with Gasteiger partial charge in [0.15, 0.2) is 0 Å². The maximum absolute atomic E-state index is 13.2. The van der Waals surface area contributed by atoms with Gasteiger partial charge in [-0.05, 0) is 49.1 Å². The number of amides is 1. The van der Waals surface area contributed by atoms with Crippen LogP contribution >= 0.6 is 0 Å². The molecule has 0 atom stereocenters. The van der Waals surface area contributed by atoms with Crippen LogP contribution in [0, 0.1) is 6.92 Å². The molecular formula is C21H28N2O3S. The van der Waals surface area contributed by atoms with Gasteiger partial charge in [-0.2, -0.15) is 0 Å². The van der Waals surface area contributed by atoms with Gasteiger partial charge in [-0.25, -0.2) is 8.42 Å². The van der Waals surface area contributed by atoms with Gasteiger partial charge in [0.2, 0.25) is 5.91 Å². The minimum Gasteiger partial charge on any atom is -0.355 e. The molecule has 6 heteroatoms. The summed E-state index contributed by atoms with van der Waals surface area (Å²) in [5.74, 6) is 0.0227. The molecule has 0 radical (unpaired) electrons. The summed E-state index contributed by atoms with van der Waals surface area (Å²) in [5, 5.41) is 2.75. The van der Waals surface area contributed by atoms with Gasteiger partial charge in [-0.15, -0.1) is 0 Å². The van der Waals surface area contributed by atoms with E-state index in [1.54, 1.807) is 36.4 Å². The molecule has 2 rings (SSSR count). The number of sulfonamides is 1. The van der Waals surface area contributed by atoms with Crippen molar-refractivity contribution in [3.05, 3.63) is 59.7 Å². The fourth-order valence-electron chi connectivity index (χ4n) is 2.63. The molecule has 2 aromatic carbocycles. The molecule has 0 unspecified atom stereocenters. The predicted octanol–water partition coefficient (Wildman–Crippen LogP) is 3.84. The summed E-state index contributed by atoms with van der Waals surface area (Å²) in [6, 6.07) is 14.0. The van der Waals surface area contributed by atoms with E-state index in [1.807, 2.05) is 26.0 Å². The molecule has 0 saturated carbocycles. The highest BCUT2D eigenvalue weighted by Crippen LogP contribution is 2.26. The average Bonchev–Trinajstić information content (AvgIpc) is 2.64. The van der Waals surface area contributed by atoms with E-state index in [2.05, 4.69) is 19.2 Å². The van der Waals surface area contributed by atoms with Crippen molar-refractivity contribution in [3.63, 3.8) is 0 Å². The highest BCUT2D eigenvalue weighted by molar-refractivity contribution is 7.92. The molecule has 0 aliphatic heterocycles. The van der Waals surface area contributed by atoms with E-state index in [-0.39, 0.29) is 17.3 Å². The van der Waals surface area contributed by atoms with Crippen LogP contribution in [0.1, 0.15) is 44.2 Å². The Morgan fingerprint density at radius 2 is 1.63 bits per heavy atom. The summed E-state index contributed by atoms with van der Waals surface area (Å²) in [4.78, 5) is 12.4. The van der Waals surface area contributed by atoms with E-state index in [1.165, 1.54) is 4.31 Å². The van der Waals surface area contributed by atoms with Crippen molar-refractivity contribution in [1.29, 1.82) is 0 Å². The summed E-state index contributed by atoms with van der Waals surface area (Å²) < 4.78 is 27.6. The van der Waals surface area contributed by atoms with Crippen molar-refractivity contribution in [1.82, 2.24) is 5.32 Å². The minimum absolute atomic E-state index is 0.171. The lowest BCUT2D eigenvalue weighted by Crippen LogP contribution is -2.41. The summed E-state index contributed by atoms with van der Waals surface area (Å²) >= 11 is 0. The van der Waals surface area contributed by atoms with Crippen LogP contribution in [0.4, 0.5) is 5.69 Å². The number of carbonyl (C=O) groups excluding carboxylic acids is 1. The Balaban J connectivity index is 2.42. The van der Waals surface area contributed by atoms with E-state index in [0.717, 1.165) is 17.5 Å². The van der Waals surface area contributed by atoms with Gasteiger partial charge < -0.3 is 5.32 Å². The van der Waals surface area contributed by atoms with Gasteiger partial charge in [-0.1, -0.05) is 50.6 Å². The molecule has 0 fully saturated rings. The molecule has 146 valence electrons. The van der Waals surface area contributed by atoms with Crippen LogP contribution in [0.25, 0.3) is 0 Å². The standard InChI is InChI=1S/C21H28N2O3S/c1-5-14-22-21(24)15-23(19-10-8-18(9-11-19)16(2)3)27(25,26)20-12-6-17(4)7-13-20/h6-13,16H,5,14-15H2,1-4H3,(H,22,24). The Labute approximate surface area is 162 Å². The van der Waals surface area contributed by atoms with Gasteiger partial charge in [0.05, 0.1) is 10.6 Å². The van der Waals surface area contributed by atoms with Crippen molar-refractivity contribution in [2.45, 2.75) is 44.9 Å². The van der Waals surface area contributed by atoms with Crippen LogP contribution in [0.2, 0.25) is 0 Å². The molecule has 5 nitrogen and oxygen atoms in total. The van der Waals surface area contributed by atoms with Crippen LogP contribution in [-0.4, -0.2) is 27.4 Å². The largest absolute Gasteiger partial charge is 0.355 e. The third-order valence-electron chi connectivity index (χ3n) is 4.32. The number of nitrogens with one attached hydrogen (secondary N) is 1. The fraction of sp³-hybridized carbons (Fsp3) is 0.381. The number of rotatable bonds is 8.